The molecule has 2 aromatic rings. The van der Waals surface area contributed by atoms with Crippen LogP contribution in [0.5, 0.6) is 0 Å². The first-order valence-electron chi connectivity index (χ1n) is 7.36. The fourth-order valence-corrected chi connectivity index (χ4v) is 2.88. The monoisotopic (exact) mass is 318 g/mol. The zero-order valence-electron chi connectivity index (χ0n) is 12.9. The molecule has 0 unspecified atom stereocenters. The van der Waals surface area contributed by atoms with Crippen LogP contribution in [0.2, 0.25) is 0 Å². The molecule has 1 heterocycles. The Balaban J connectivity index is 2.06. The van der Waals surface area contributed by atoms with Crippen LogP contribution in [0.3, 0.4) is 0 Å². The van der Waals surface area contributed by atoms with Crippen molar-refractivity contribution in [3.63, 3.8) is 0 Å². The van der Waals surface area contributed by atoms with E-state index in [1.165, 1.54) is 11.5 Å². The lowest BCUT2D eigenvalue weighted by Crippen LogP contribution is -2.33. The summed E-state index contributed by atoms with van der Waals surface area (Å²) >= 11 is 1.32. The van der Waals surface area contributed by atoms with E-state index in [0.717, 1.165) is 23.1 Å². The van der Waals surface area contributed by atoms with Gasteiger partial charge in [0.15, 0.2) is 0 Å². The van der Waals surface area contributed by atoms with Crippen molar-refractivity contribution in [3.05, 3.63) is 41.7 Å². The van der Waals surface area contributed by atoms with E-state index in [4.69, 9.17) is 0 Å². The first-order valence-corrected chi connectivity index (χ1v) is 8.13. The number of aliphatic carboxylic acids is 1. The number of hydrogen-bond donors (Lipinski definition) is 0. The summed E-state index contributed by atoms with van der Waals surface area (Å²) in [5.74, 6) is 0.152. The van der Waals surface area contributed by atoms with Crippen molar-refractivity contribution in [2.75, 3.05) is 18.0 Å². The quantitative estimate of drug-likeness (QED) is 0.741. The van der Waals surface area contributed by atoms with Crippen LogP contribution in [0.25, 0.3) is 0 Å². The molecular formula is C16H20N3O2S-. The van der Waals surface area contributed by atoms with Gasteiger partial charge < -0.3 is 14.8 Å². The van der Waals surface area contributed by atoms with Gasteiger partial charge in [0.25, 0.3) is 0 Å². The maximum Gasteiger partial charge on any atom is 0.205 e. The molecule has 0 radical (unpaired) electrons. The molecule has 0 aliphatic carbocycles. The van der Waals surface area contributed by atoms with Gasteiger partial charge in [-0.05, 0) is 11.5 Å². The van der Waals surface area contributed by atoms with Gasteiger partial charge in [-0.2, -0.15) is 4.37 Å². The van der Waals surface area contributed by atoms with Crippen molar-refractivity contribution >= 4 is 22.6 Å². The SMILES string of the molecule is CC(C)CN(CCC(=O)[O-])c1nc(Cc2ccccc2)ns1. The van der Waals surface area contributed by atoms with Crippen molar-refractivity contribution in [3.8, 4) is 0 Å². The molecule has 2 rings (SSSR count). The molecule has 118 valence electrons. The van der Waals surface area contributed by atoms with Crippen LogP contribution >= 0.6 is 11.5 Å². The summed E-state index contributed by atoms with van der Waals surface area (Å²) < 4.78 is 4.39. The highest BCUT2D eigenvalue weighted by Crippen LogP contribution is 2.20. The second-order valence-electron chi connectivity index (χ2n) is 5.62. The zero-order chi connectivity index (χ0) is 15.9. The van der Waals surface area contributed by atoms with Crippen LogP contribution in [-0.4, -0.2) is 28.4 Å². The van der Waals surface area contributed by atoms with Crippen LogP contribution in [-0.2, 0) is 11.2 Å². The molecule has 0 aliphatic rings. The number of carbonyl (C=O) groups excluding carboxylic acids is 1. The number of hydrogen-bond acceptors (Lipinski definition) is 6. The number of benzene rings is 1. The summed E-state index contributed by atoms with van der Waals surface area (Å²) in [7, 11) is 0. The Kier molecular flexibility index (Phi) is 5.89. The summed E-state index contributed by atoms with van der Waals surface area (Å²) in [4.78, 5) is 17.2. The van der Waals surface area contributed by atoms with E-state index < -0.39 is 5.97 Å². The van der Waals surface area contributed by atoms with E-state index in [-0.39, 0.29) is 6.42 Å². The number of rotatable bonds is 8. The zero-order valence-corrected chi connectivity index (χ0v) is 13.7. The first kappa shape index (κ1) is 16.4. The second-order valence-corrected chi connectivity index (χ2v) is 6.35. The molecule has 0 saturated heterocycles. The molecule has 0 fully saturated rings. The summed E-state index contributed by atoms with van der Waals surface area (Å²) in [6.07, 6.45) is 0.688. The minimum atomic E-state index is -1.04. The lowest BCUT2D eigenvalue weighted by atomic mass is 10.1. The van der Waals surface area contributed by atoms with Gasteiger partial charge in [0, 0.05) is 43.4 Å². The fourth-order valence-electron chi connectivity index (χ4n) is 2.16. The van der Waals surface area contributed by atoms with Crippen LogP contribution in [0.1, 0.15) is 31.7 Å². The third kappa shape index (κ3) is 5.11. The molecule has 0 atom stereocenters. The van der Waals surface area contributed by atoms with Crippen LogP contribution < -0.4 is 10.0 Å². The van der Waals surface area contributed by atoms with Crippen LogP contribution in [0, 0.1) is 5.92 Å². The number of carboxylic acid groups (broad SMARTS) is 1. The molecule has 0 spiro atoms. The Morgan fingerprint density at radius 2 is 2.05 bits per heavy atom. The normalized spacial score (nSPS) is 10.9. The molecule has 5 nitrogen and oxygen atoms in total. The highest BCUT2D eigenvalue weighted by molar-refractivity contribution is 7.09. The topological polar surface area (TPSA) is 69.2 Å². The molecule has 6 heteroatoms. The minimum absolute atomic E-state index is 0.000316. The molecule has 0 saturated carbocycles. The van der Waals surface area contributed by atoms with Crippen molar-refractivity contribution in [2.45, 2.75) is 26.7 Å². The maximum absolute atomic E-state index is 10.7. The van der Waals surface area contributed by atoms with Gasteiger partial charge in [0.2, 0.25) is 5.13 Å². The van der Waals surface area contributed by atoms with Crippen LogP contribution in [0.4, 0.5) is 5.13 Å². The lowest BCUT2D eigenvalue weighted by molar-refractivity contribution is -0.305. The maximum atomic E-state index is 10.7. The summed E-state index contributed by atoms with van der Waals surface area (Å²) in [6, 6.07) is 10.1. The number of anilines is 1. The van der Waals surface area contributed by atoms with Crippen molar-refractivity contribution in [1.82, 2.24) is 9.36 Å². The molecule has 1 aromatic heterocycles. The number of carboxylic acids is 1. The molecular weight excluding hydrogens is 298 g/mol. The molecule has 0 amide bonds. The highest BCUT2D eigenvalue weighted by Gasteiger charge is 2.14. The van der Waals surface area contributed by atoms with Gasteiger partial charge >= 0.3 is 0 Å². The van der Waals surface area contributed by atoms with Gasteiger partial charge in [0.1, 0.15) is 5.82 Å². The number of aromatic nitrogens is 2. The molecule has 0 N–H and O–H groups in total. The Morgan fingerprint density at radius 3 is 2.68 bits per heavy atom. The first-order chi connectivity index (χ1) is 10.5. The average Bonchev–Trinajstić information content (AvgIpc) is 2.92. The Labute approximate surface area is 134 Å². The van der Waals surface area contributed by atoms with Gasteiger partial charge in [-0.15, -0.1) is 0 Å². The highest BCUT2D eigenvalue weighted by atomic mass is 32.1. The third-order valence-electron chi connectivity index (χ3n) is 3.10. The van der Waals surface area contributed by atoms with Crippen molar-refractivity contribution in [2.24, 2.45) is 5.92 Å². The average molecular weight is 318 g/mol. The van der Waals surface area contributed by atoms with Crippen molar-refractivity contribution in [1.29, 1.82) is 0 Å². The van der Waals surface area contributed by atoms with E-state index in [0.29, 0.717) is 18.9 Å². The van der Waals surface area contributed by atoms with E-state index in [2.05, 4.69) is 23.2 Å². The summed E-state index contributed by atoms with van der Waals surface area (Å²) in [5, 5.41) is 11.5. The van der Waals surface area contributed by atoms with Gasteiger partial charge in [0.05, 0.1) is 0 Å². The van der Waals surface area contributed by atoms with Gasteiger partial charge in [-0.1, -0.05) is 44.2 Å². The van der Waals surface area contributed by atoms with Crippen LogP contribution in [0.15, 0.2) is 30.3 Å². The Morgan fingerprint density at radius 1 is 1.32 bits per heavy atom. The van der Waals surface area contributed by atoms with E-state index in [1.807, 2.05) is 35.2 Å². The fraction of sp³-hybridized carbons (Fsp3) is 0.438. The smallest absolute Gasteiger partial charge is 0.205 e. The van der Waals surface area contributed by atoms with Gasteiger partial charge in [-0.25, -0.2) is 4.98 Å². The third-order valence-corrected chi connectivity index (χ3v) is 3.92. The number of carbonyl (C=O) groups is 1. The van der Waals surface area contributed by atoms with Gasteiger partial charge in [-0.3, -0.25) is 0 Å². The summed E-state index contributed by atoms with van der Waals surface area (Å²) in [5.41, 5.74) is 1.16. The largest absolute Gasteiger partial charge is 0.550 e. The Hall–Kier alpha value is -1.95. The van der Waals surface area contributed by atoms with Crippen molar-refractivity contribution < 1.29 is 9.90 Å². The molecule has 1 aromatic carbocycles. The minimum Gasteiger partial charge on any atom is -0.550 e. The predicted molar refractivity (Wildman–Crippen MR) is 85.8 cm³/mol. The lowest BCUT2D eigenvalue weighted by Gasteiger charge is -2.23. The van der Waals surface area contributed by atoms with E-state index in [1.54, 1.807) is 0 Å². The van der Waals surface area contributed by atoms with E-state index >= 15 is 0 Å². The molecule has 22 heavy (non-hydrogen) atoms. The molecule has 0 bridgehead atoms. The second kappa shape index (κ2) is 7.89. The number of nitrogens with zero attached hydrogens (tertiary/aromatic N) is 3. The Bertz CT molecular complexity index is 598. The molecule has 0 aliphatic heterocycles. The predicted octanol–water partition coefficient (Wildman–Crippen LogP) is 1.73. The van der Waals surface area contributed by atoms with E-state index in [9.17, 15) is 9.90 Å². The standard InChI is InChI=1S/C16H21N3O2S/c1-12(2)11-19(9-8-15(20)21)16-17-14(18-22-16)10-13-6-4-3-5-7-13/h3-7,12H,8-11H2,1-2H3,(H,20,21)/p-1. The summed E-state index contributed by atoms with van der Waals surface area (Å²) in [6.45, 7) is 5.35.